The molecule has 10 nitrogen and oxygen atoms in total. The minimum Gasteiger partial charge on any atom is -0.474 e. The average molecular weight is 549 g/mol. The fourth-order valence-corrected chi connectivity index (χ4v) is 6.07. The molecular formula is C26H33FN4O6S. The van der Waals surface area contributed by atoms with Gasteiger partial charge in [-0.25, -0.2) is 27.6 Å². The number of halogens is 1. The highest BCUT2D eigenvalue weighted by Gasteiger charge is 2.44. The second kappa shape index (κ2) is 11.0. The molecule has 3 fully saturated rings. The van der Waals surface area contributed by atoms with E-state index < -0.39 is 15.7 Å². The van der Waals surface area contributed by atoms with E-state index in [1.807, 2.05) is 4.90 Å². The molecular weight excluding hydrogens is 515 g/mol. The molecule has 2 aromatic rings. The Hall–Kier alpha value is -2.99. The lowest BCUT2D eigenvalue weighted by molar-refractivity contribution is -0.0962. The summed E-state index contributed by atoms with van der Waals surface area (Å²) in [4.78, 5) is 23.3. The first kappa shape index (κ1) is 26.6. The minimum absolute atomic E-state index is 0.00567. The number of hydrogen-bond donors (Lipinski definition) is 1. The molecule has 38 heavy (non-hydrogen) atoms. The number of sulfone groups is 1. The van der Waals surface area contributed by atoms with Crippen LogP contribution in [0.5, 0.6) is 5.88 Å². The number of anilines is 2. The third-order valence-electron chi connectivity index (χ3n) is 7.45. The van der Waals surface area contributed by atoms with Crippen LogP contribution in [-0.2, 0) is 19.3 Å². The zero-order chi connectivity index (χ0) is 26.9. The summed E-state index contributed by atoms with van der Waals surface area (Å²) in [6, 6.07) is 3.37. The first-order chi connectivity index (χ1) is 18.2. The molecule has 0 unspecified atom stereocenters. The summed E-state index contributed by atoms with van der Waals surface area (Å²) in [5.74, 6) is -0.00960. The summed E-state index contributed by atoms with van der Waals surface area (Å²) < 4.78 is 55.9. The Morgan fingerprint density at radius 2 is 1.82 bits per heavy atom. The lowest BCUT2D eigenvalue weighted by Gasteiger charge is -2.47. The van der Waals surface area contributed by atoms with Crippen LogP contribution in [0.1, 0.15) is 50.5 Å². The summed E-state index contributed by atoms with van der Waals surface area (Å²) in [7, 11) is -3.52. The topological polar surface area (TPSA) is 120 Å². The summed E-state index contributed by atoms with van der Waals surface area (Å²) >= 11 is 0. The highest BCUT2D eigenvalue weighted by Crippen LogP contribution is 2.34. The largest absolute Gasteiger partial charge is 0.474 e. The number of ether oxygens (including phenoxy) is 3. The van der Waals surface area contributed by atoms with Gasteiger partial charge < -0.3 is 19.5 Å². The number of hydrogen-bond acceptors (Lipinski definition) is 9. The second-order valence-electron chi connectivity index (χ2n) is 10.3. The highest BCUT2D eigenvalue weighted by molar-refractivity contribution is 7.90. The summed E-state index contributed by atoms with van der Waals surface area (Å²) in [5, 5.41) is 2.91. The molecule has 12 heteroatoms. The van der Waals surface area contributed by atoms with E-state index in [4.69, 9.17) is 14.2 Å². The Bertz CT molecular complexity index is 1270. The van der Waals surface area contributed by atoms with Gasteiger partial charge in [0.1, 0.15) is 30.2 Å². The number of nitrogens with one attached hydrogen (secondary N) is 1. The number of fused-ring (bicyclic) bond motifs is 2. The summed E-state index contributed by atoms with van der Waals surface area (Å²) in [6.07, 6.45) is 8.27. The van der Waals surface area contributed by atoms with Crippen molar-refractivity contribution < 1.29 is 31.8 Å². The Labute approximate surface area is 221 Å². The van der Waals surface area contributed by atoms with Gasteiger partial charge in [-0.2, -0.15) is 0 Å². The number of morpholine rings is 1. The Balaban J connectivity index is 1.26. The van der Waals surface area contributed by atoms with Crippen molar-refractivity contribution in [2.24, 2.45) is 0 Å². The number of carbonyl (C=O) groups excluding carboxylic acids is 1. The maximum Gasteiger partial charge on any atom is 0.410 e. The van der Waals surface area contributed by atoms with E-state index in [9.17, 15) is 17.6 Å². The first-order valence-electron chi connectivity index (χ1n) is 13.0. The van der Waals surface area contributed by atoms with E-state index in [1.54, 1.807) is 6.92 Å². The van der Waals surface area contributed by atoms with Gasteiger partial charge in [-0.05, 0) is 50.8 Å². The number of aromatic nitrogens is 2. The first-order valence-corrected chi connectivity index (χ1v) is 14.9. The molecule has 1 saturated carbocycles. The quantitative estimate of drug-likeness (QED) is 0.568. The van der Waals surface area contributed by atoms with Crippen molar-refractivity contribution in [2.75, 3.05) is 24.8 Å². The number of benzene rings is 1. The van der Waals surface area contributed by atoms with Gasteiger partial charge in [0.15, 0.2) is 9.84 Å². The maximum atomic E-state index is 14.6. The summed E-state index contributed by atoms with van der Waals surface area (Å²) in [6.45, 7) is 2.62. The number of amides is 1. The molecule has 1 aliphatic carbocycles. The fourth-order valence-electron chi connectivity index (χ4n) is 5.44. The van der Waals surface area contributed by atoms with E-state index in [-0.39, 0.29) is 41.0 Å². The van der Waals surface area contributed by atoms with Crippen molar-refractivity contribution in [1.29, 1.82) is 0 Å². The zero-order valence-corrected chi connectivity index (χ0v) is 22.4. The molecule has 1 N–H and O–H groups in total. The highest BCUT2D eigenvalue weighted by atomic mass is 32.2. The molecule has 3 atom stereocenters. The average Bonchev–Trinajstić information content (AvgIpc) is 2.87. The van der Waals surface area contributed by atoms with Crippen LogP contribution in [-0.4, -0.2) is 73.1 Å². The van der Waals surface area contributed by atoms with Crippen molar-refractivity contribution in [1.82, 2.24) is 14.9 Å². The predicted octanol–water partition coefficient (Wildman–Crippen LogP) is 4.15. The molecule has 2 bridgehead atoms. The van der Waals surface area contributed by atoms with Gasteiger partial charge in [-0.1, -0.05) is 6.42 Å². The number of carbonyl (C=O) groups is 1. The third-order valence-corrected chi connectivity index (χ3v) is 8.56. The van der Waals surface area contributed by atoms with Gasteiger partial charge >= 0.3 is 6.09 Å². The lowest BCUT2D eigenvalue weighted by Crippen LogP contribution is -2.61. The van der Waals surface area contributed by atoms with Crippen molar-refractivity contribution in [3.63, 3.8) is 0 Å². The van der Waals surface area contributed by atoms with Crippen LogP contribution in [0.25, 0.3) is 0 Å². The van der Waals surface area contributed by atoms with Gasteiger partial charge in [0, 0.05) is 19.1 Å². The molecule has 1 aromatic heterocycles. The Kier molecular flexibility index (Phi) is 7.71. The SMILES string of the molecule is Cc1c(Nc2ccc(S(C)(=O)=O)cc2F)ncnc1O[C@H]1C[C@H]2COC[C@@H](C1)N2C(=O)OC1CCCCC1. The van der Waals surface area contributed by atoms with Crippen LogP contribution < -0.4 is 10.1 Å². The van der Waals surface area contributed by atoms with Gasteiger partial charge in [0.05, 0.1) is 41.4 Å². The van der Waals surface area contributed by atoms with Crippen LogP contribution in [0, 0.1) is 12.7 Å². The predicted molar refractivity (Wildman–Crippen MR) is 137 cm³/mol. The Morgan fingerprint density at radius 1 is 1.11 bits per heavy atom. The van der Waals surface area contributed by atoms with Gasteiger partial charge in [-0.15, -0.1) is 0 Å². The maximum absolute atomic E-state index is 14.6. The smallest absolute Gasteiger partial charge is 0.410 e. The van der Waals surface area contributed by atoms with E-state index in [2.05, 4.69) is 15.3 Å². The Morgan fingerprint density at radius 3 is 2.47 bits per heavy atom. The summed E-state index contributed by atoms with van der Waals surface area (Å²) in [5.41, 5.74) is 0.668. The molecule has 0 spiro atoms. The van der Waals surface area contributed by atoms with Crippen molar-refractivity contribution in [3.8, 4) is 5.88 Å². The van der Waals surface area contributed by atoms with E-state index in [0.29, 0.717) is 43.3 Å². The number of nitrogens with zero attached hydrogens (tertiary/aromatic N) is 3. The molecule has 0 radical (unpaired) electrons. The van der Waals surface area contributed by atoms with E-state index in [0.717, 1.165) is 38.0 Å². The van der Waals surface area contributed by atoms with Crippen molar-refractivity contribution in [3.05, 3.63) is 35.9 Å². The molecule has 3 aliphatic rings. The molecule has 2 aliphatic heterocycles. The van der Waals surface area contributed by atoms with Crippen LogP contribution in [0.3, 0.4) is 0 Å². The minimum atomic E-state index is -3.52. The molecule has 5 rings (SSSR count). The standard InChI is InChI=1S/C26H33FN4O6S/c1-16-24(30-23-9-8-21(12-22(23)27)38(2,33)34)28-15-29-25(16)36-20-10-17-13-35-14-18(11-20)31(17)26(32)37-19-6-4-3-5-7-19/h8-9,12,15,17-20H,3-7,10-11,13-14H2,1-2H3,(H,28,29,30)/t17-,18+,20-. The van der Waals surface area contributed by atoms with Crippen LogP contribution in [0.2, 0.25) is 0 Å². The van der Waals surface area contributed by atoms with Crippen LogP contribution in [0.4, 0.5) is 20.7 Å². The number of rotatable bonds is 6. The van der Waals surface area contributed by atoms with Crippen molar-refractivity contribution in [2.45, 2.75) is 81.1 Å². The molecule has 3 heterocycles. The van der Waals surface area contributed by atoms with Crippen molar-refractivity contribution >= 4 is 27.4 Å². The molecule has 1 aromatic carbocycles. The number of piperidine rings is 1. The fraction of sp³-hybridized carbons (Fsp3) is 0.577. The normalized spacial score (nSPS) is 24.1. The zero-order valence-electron chi connectivity index (χ0n) is 21.6. The van der Waals surface area contributed by atoms with Gasteiger partial charge in [-0.3, -0.25) is 4.90 Å². The molecule has 2 saturated heterocycles. The molecule has 206 valence electrons. The van der Waals surface area contributed by atoms with Crippen LogP contribution >= 0.6 is 0 Å². The monoisotopic (exact) mass is 548 g/mol. The van der Waals surface area contributed by atoms with E-state index in [1.165, 1.54) is 24.9 Å². The second-order valence-corrected chi connectivity index (χ2v) is 12.3. The van der Waals surface area contributed by atoms with Crippen LogP contribution in [0.15, 0.2) is 29.4 Å². The lowest BCUT2D eigenvalue weighted by atomic mass is 9.92. The molecule has 1 amide bonds. The van der Waals surface area contributed by atoms with Gasteiger partial charge in [0.25, 0.3) is 0 Å². The van der Waals surface area contributed by atoms with Gasteiger partial charge in [0.2, 0.25) is 5.88 Å². The third kappa shape index (κ3) is 5.85. The van der Waals surface area contributed by atoms with E-state index >= 15 is 0 Å².